The number of halogens is 1. The highest BCUT2D eigenvalue weighted by Gasteiger charge is 2.05. The zero-order valence-electron chi connectivity index (χ0n) is 11.4. The van der Waals surface area contributed by atoms with E-state index in [-0.39, 0.29) is 18.1 Å². The average Bonchev–Trinajstić information content (AvgIpc) is 2.51. The van der Waals surface area contributed by atoms with Gasteiger partial charge in [-0.1, -0.05) is 12.1 Å². The molecule has 6 heteroatoms. The number of hydrogen-bond acceptors (Lipinski definition) is 4. The summed E-state index contributed by atoms with van der Waals surface area (Å²) in [6.07, 6.45) is 2.64. The van der Waals surface area contributed by atoms with E-state index < -0.39 is 10.9 Å². The summed E-state index contributed by atoms with van der Waals surface area (Å²) in [6, 6.07) is 11.5. The molecule has 0 aliphatic rings. The van der Waals surface area contributed by atoms with Crippen molar-refractivity contribution >= 4 is 17.7 Å². The Morgan fingerprint density at radius 3 is 2.59 bits per heavy atom. The van der Waals surface area contributed by atoms with Crippen LogP contribution in [0.1, 0.15) is 11.1 Å². The molecule has 2 rings (SSSR count). The van der Waals surface area contributed by atoms with Crippen LogP contribution in [-0.2, 0) is 16.1 Å². The van der Waals surface area contributed by atoms with Crippen LogP contribution in [0.2, 0.25) is 0 Å². The van der Waals surface area contributed by atoms with E-state index in [1.807, 2.05) is 0 Å². The molecule has 0 spiro atoms. The first-order chi connectivity index (χ1) is 10.5. The van der Waals surface area contributed by atoms with Crippen LogP contribution in [-0.4, -0.2) is 10.9 Å². The fourth-order valence-electron chi connectivity index (χ4n) is 1.69. The number of hydrogen-bond donors (Lipinski definition) is 0. The minimum atomic E-state index is -0.581. The Kier molecular flexibility index (Phi) is 4.98. The summed E-state index contributed by atoms with van der Waals surface area (Å²) in [7, 11) is 0. The first-order valence-electron chi connectivity index (χ1n) is 6.38. The maximum absolute atomic E-state index is 13.0. The molecule has 0 aliphatic heterocycles. The molecule has 0 saturated carbocycles. The molecular weight excluding hydrogens is 289 g/mol. The second kappa shape index (κ2) is 7.12. The lowest BCUT2D eigenvalue weighted by molar-refractivity contribution is -0.384. The molecule has 0 amide bonds. The predicted octanol–water partition coefficient (Wildman–Crippen LogP) is 3.49. The van der Waals surface area contributed by atoms with Crippen LogP contribution in [0.4, 0.5) is 10.1 Å². The molecule has 2 aromatic carbocycles. The molecule has 0 aliphatic carbocycles. The minimum absolute atomic E-state index is 0.00428. The quantitative estimate of drug-likeness (QED) is 0.367. The Labute approximate surface area is 125 Å². The van der Waals surface area contributed by atoms with E-state index in [9.17, 15) is 19.3 Å². The van der Waals surface area contributed by atoms with Crippen LogP contribution in [0.25, 0.3) is 6.08 Å². The first kappa shape index (κ1) is 15.4. The summed E-state index contributed by atoms with van der Waals surface area (Å²) in [5.74, 6) is -0.969. The fourth-order valence-corrected chi connectivity index (χ4v) is 1.69. The van der Waals surface area contributed by atoms with Crippen molar-refractivity contribution in [2.45, 2.75) is 6.61 Å². The number of nitro groups is 1. The number of benzene rings is 2. The molecular formula is C16H12FNO4. The first-order valence-corrected chi connectivity index (χ1v) is 6.38. The van der Waals surface area contributed by atoms with Gasteiger partial charge in [-0.15, -0.1) is 0 Å². The third-order valence-electron chi connectivity index (χ3n) is 2.79. The summed E-state index contributed by atoms with van der Waals surface area (Å²) in [5.41, 5.74) is 1.16. The number of carbonyl (C=O) groups excluding carboxylic acids is 1. The number of non-ortho nitro benzene ring substituents is 1. The Hall–Kier alpha value is -3.02. The lowest BCUT2D eigenvalue weighted by Gasteiger charge is -2.02. The van der Waals surface area contributed by atoms with Crippen molar-refractivity contribution in [2.24, 2.45) is 0 Å². The Morgan fingerprint density at radius 2 is 1.95 bits per heavy atom. The molecule has 22 heavy (non-hydrogen) atoms. The van der Waals surface area contributed by atoms with Crippen LogP contribution in [0, 0.1) is 15.9 Å². The monoisotopic (exact) mass is 301 g/mol. The zero-order valence-corrected chi connectivity index (χ0v) is 11.4. The van der Waals surface area contributed by atoms with E-state index in [4.69, 9.17) is 4.74 Å². The topological polar surface area (TPSA) is 69.4 Å². The van der Waals surface area contributed by atoms with E-state index in [0.717, 1.165) is 0 Å². The molecule has 0 aromatic heterocycles. The molecule has 0 bridgehead atoms. The molecule has 2 aromatic rings. The molecule has 0 saturated heterocycles. The van der Waals surface area contributed by atoms with Crippen molar-refractivity contribution in [1.82, 2.24) is 0 Å². The molecule has 0 N–H and O–H groups in total. The standard InChI is InChI=1S/C16H12FNO4/c17-14-3-1-2-12(10-14)6-9-16(19)22-11-13-4-7-15(8-5-13)18(20)21/h1-10H,11H2. The summed E-state index contributed by atoms with van der Waals surface area (Å²) >= 11 is 0. The van der Waals surface area contributed by atoms with Gasteiger partial charge in [0.05, 0.1) is 4.92 Å². The number of rotatable bonds is 5. The zero-order chi connectivity index (χ0) is 15.9. The van der Waals surface area contributed by atoms with Gasteiger partial charge < -0.3 is 4.74 Å². The Bertz CT molecular complexity index is 710. The number of ether oxygens (including phenoxy) is 1. The van der Waals surface area contributed by atoms with Crippen molar-refractivity contribution in [1.29, 1.82) is 0 Å². The highest BCUT2D eigenvalue weighted by molar-refractivity contribution is 5.87. The smallest absolute Gasteiger partial charge is 0.331 e. The van der Waals surface area contributed by atoms with Crippen LogP contribution >= 0.6 is 0 Å². The maximum Gasteiger partial charge on any atom is 0.331 e. The van der Waals surface area contributed by atoms with E-state index in [1.54, 1.807) is 6.07 Å². The third kappa shape index (κ3) is 4.52. The maximum atomic E-state index is 13.0. The second-order valence-corrected chi connectivity index (χ2v) is 4.42. The van der Waals surface area contributed by atoms with Gasteiger partial charge in [-0.2, -0.15) is 0 Å². The van der Waals surface area contributed by atoms with Gasteiger partial charge in [0, 0.05) is 18.2 Å². The van der Waals surface area contributed by atoms with Gasteiger partial charge >= 0.3 is 5.97 Å². The normalized spacial score (nSPS) is 10.6. The second-order valence-electron chi connectivity index (χ2n) is 4.42. The summed E-state index contributed by atoms with van der Waals surface area (Å²) < 4.78 is 17.9. The number of nitro benzene ring substituents is 1. The van der Waals surface area contributed by atoms with Gasteiger partial charge in [0.15, 0.2) is 0 Å². The molecule has 0 atom stereocenters. The largest absolute Gasteiger partial charge is 0.458 e. The number of nitrogens with zero attached hydrogens (tertiary/aromatic N) is 1. The van der Waals surface area contributed by atoms with Gasteiger partial charge in [0.2, 0.25) is 0 Å². The Balaban J connectivity index is 1.88. The van der Waals surface area contributed by atoms with E-state index in [2.05, 4.69) is 0 Å². The lowest BCUT2D eigenvalue weighted by Crippen LogP contribution is -2.00. The molecule has 0 heterocycles. The lowest BCUT2D eigenvalue weighted by atomic mass is 10.2. The predicted molar refractivity (Wildman–Crippen MR) is 78.3 cm³/mol. The van der Waals surface area contributed by atoms with Crippen LogP contribution in [0.3, 0.4) is 0 Å². The van der Waals surface area contributed by atoms with Gasteiger partial charge in [0.1, 0.15) is 12.4 Å². The molecule has 0 radical (unpaired) electrons. The molecule has 0 unspecified atom stereocenters. The van der Waals surface area contributed by atoms with Crippen molar-refractivity contribution in [3.8, 4) is 0 Å². The summed E-state index contributed by atoms with van der Waals surface area (Å²) in [4.78, 5) is 21.5. The van der Waals surface area contributed by atoms with Gasteiger partial charge in [0.25, 0.3) is 5.69 Å². The van der Waals surface area contributed by atoms with Crippen molar-refractivity contribution in [3.05, 3.63) is 81.7 Å². The van der Waals surface area contributed by atoms with Gasteiger partial charge in [-0.25, -0.2) is 9.18 Å². The number of esters is 1. The van der Waals surface area contributed by atoms with Crippen molar-refractivity contribution in [3.63, 3.8) is 0 Å². The highest BCUT2D eigenvalue weighted by atomic mass is 19.1. The van der Waals surface area contributed by atoms with E-state index in [0.29, 0.717) is 11.1 Å². The molecule has 112 valence electrons. The molecule has 5 nitrogen and oxygen atoms in total. The highest BCUT2D eigenvalue weighted by Crippen LogP contribution is 2.12. The van der Waals surface area contributed by atoms with Crippen LogP contribution in [0.5, 0.6) is 0 Å². The van der Waals surface area contributed by atoms with Crippen LogP contribution < -0.4 is 0 Å². The summed E-state index contributed by atoms with van der Waals surface area (Å²) in [5, 5.41) is 10.5. The molecule has 0 fully saturated rings. The van der Waals surface area contributed by atoms with Crippen molar-refractivity contribution < 1.29 is 18.8 Å². The van der Waals surface area contributed by atoms with Gasteiger partial charge in [-0.3, -0.25) is 10.1 Å². The van der Waals surface area contributed by atoms with Gasteiger partial charge in [-0.05, 0) is 41.5 Å². The number of carbonyl (C=O) groups is 1. The minimum Gasteiger partial charge on any atom is -0.458 e. The third-order valence-corrected chi connectivity index (χ3v) is 2.79. The van der Waals surface area contributed by atoms with Crippen molar-refractivity contribution in [2.75, 3.05) is 0 Å². The van der Waals surface area contributed by atoms with E-state index >= 15 is 0 Å². The summed E-state index contributed by atoms with van der Waals surface area (Å²) in [6.45, 7) is 0.00428. The SMILES string of the molecule is O=C(C=Cc1cccc(F)c1)OCc1ccc([N+](=O)[O-])cc1. The fraction of sp³-hybridized carbons (Fsp3) is 0.0625. The average molecular weight is 301 g/mol. The van der Waals surface area contributed by atoms with Crippen LogP contribution in [0.15, 0.2) is 54.6 Å². The van der Waals surface area contributed by atoms with E-state index in [1.165, 1.54) is 54.6 Å². The Morgan fingerprint density at radius 1 is 1.23 bits per heavy atom.